The summed E-state index contributed by atoms with van der Waals surface area (Å²) in [5.74, 6) is 1.43. The Morgan fingerprint density at radius 3 is 2.67 bits per heavy atom. The highest BCUT2D eigenvalue weighted by atomic mass is 19.1. The fourth-order valence-electron chi connectivity index (χ4n) is 1.84. The molecule has 1 aromatic heterocycles. The van der Waals surface area contributed by atoms with Crippen molar-refractivity contribution in [3.63, 3.8) is 0 Å². The molecule has 5 heteroatoms. The smallest absolute Gasteiger partial charge is 0.150 e. The molecular formula is C13H17FN4. The Balaban J connectivity index is 2.30. The van der Waals surface area contributed by atoms with Gasteiger partial charge in [-0.15, -0.1) is 0 Å². The molecule has 2 N–H and O–H groups in total. The lowest BCUT2D eigenvalue weighted by molar-refractivity contribution is 0.620. The van der Waals surface area contributed by atoms with Crippen LogP contribution in [0.25, 0.3) is 0 Å². The molecule has 0 atom stereocenters. The number of rotatable bonds is 4. The maximum Gasteiger partial charge on any atom is 0.150 e. The SMILES string of the molecule is CCc1nc(CC)n(Cc2ccc(F)cc2N)n1. The highest BCUT2D eigenvalue weighted by Crippen LogP contribution is 2.15. The molecule has 0 radical (unpaired) electrons. The van der Waals surface area contributed by atoms with Gasteiger partial charge in [-0.05, 0) is 17.7 Å². The summed E-state index contributed by atoms with van der Waals surface area (Å²) in [6.45, 7) is 4.58. The molecule has 2 rings (SSSR count). The van der Waals surface area contributed by atoms with Crippen molar-refractivity contribution in [1.29, 1.82) is 0 Å². The number of halogens is 1. The second-order valence-electron chi connectivity index (χ2n) is 4.15. The van der Waals surface area contributed by atoms with Crippen molar-refractivity contribution in [3.8, 4) is 0 Å². The lowest BCUT2D eigenvalue weighted by atomic mass is 10.2. The molecular weight excluding hydrogens is 231 g/mol. The van der Waals surface area contributed by atoms with Gasteiger partial charge in [0.1, 0.15) is 11.6 Å². The molecule has 0 bridgehead atoms. The van der Waals surface area contributed by atoms with Gasteiger partial charge < -0.3 is 5.73 Å². The minimum Gasteiger partial charge on any atom is -0.398 e. The van der Waals surface area contributed by atoms with E-state index in [0.29, 0.717) is 12.2 Å². The number of nitrogen functional groups attached to an aromatic ring is 1. The molecule has 0 amide bonds. The van der Waals surface area contributed by atoms with Crippen LogP contribution in [0.4, 0.5) is 10.1 Å². The molecule has 2 aromatic rings. The third kappa shape index (κ3) is 2.50. The number of aromatic nitrogens is 3. The van der Waals surface area contributed by atoms with E-state index in [9.17, 15) is 4.39 Å². The predicted molar refractivity (Wildman–Crippen MR) is 68.7 cm³/mol. The number of nitrogens with two attached hydrogens (primary N) is 1. The second-order valence-corrected chi connectivity index (χ2v) is 4.15. The zero-order valence-corrected chi connectivity index (χ0v) is 10.7. The lowest BCUT2D eigenvalue weighted by Gasteiger charge is -2.07. The van der Waals surface area contributed by atoms with E-state index < -0.39 is 0 Å². The lowest BCUT2D eigenvalue weighted by Crippen LogP contribution is -2.08. The van der Waals surface area contributed by atoms with E-state index in [2.05, 4.69) is 10.1 Å². The Morgan fingerprint density at radius 1 is 1.28 bits per heavy atom. The van der Waals surface area contributed by atoms with Crippen LogP contribution in [-0.4, -0.2) is 14.8 Å². The third-order valence-corrected chi connectivity index (χ3v) is 2.85. The fourth-order valence-corrected chi connectivity index (χ4v) is 1.84. The molecule has 0 fully saturated rings. The van der Waals surface area contributed by atoms with Crippen LogP contribution in [0.5, 0.6) is 0 Å². The minimum absolute atomic E-state index is 0.320. The summed E-state index contributed by atoms with van der Waals surface area (Å²) in [5, 5.41) is 4.41. The molecule has 0 aliphatic rings. The Bertz CT molecular complexity index is 548. The van der Waals surface area contributed by atoms with Crippen LogP contribution in [-0.2, 0) is 19.4 Å². The molecule has 0 aliphatic heterocycles. The Labute approximate surface area is 106 Å². The van der Waals surface area contributed by atoms with E-state index in [4.69, 9.17) is 5.73 Å². The van der Waals surface area contributed by atoms with Gasteiger partial charge in [0.25, 0.3) is 0 Å². The first-order chi connectivity index (χ1) is 8.63. The van der Waals surface area contributed by atoms with Crippen LogP contribution in [0.3, 0.4) is 0 Å². The Kier molecular flexibility index (Phi) is 3.60. The summed E-state index contributed by atoms with van der Waals surface area (Å²) in [4.78, 5) is 4.43. The summed E-state index contributed by atoms with van der Waals surface area (Å²) < 4.78 is 14.8. The van der Waals surface area contributed by atoms with E-state index in [-0.39, 0.29) is 5.82 Å². The average molecular weight is 248 g/mol. The van der Waals surface area contributed by atoms with Crippen LogP contribution in [0, 0.1) is 5.82 Å². The summed E-state index contributed by atoms with van der Waals surface area (Å²) in [6, 6.07) is 4.44. The van der Waals surface area contributed by atoms with Gasteiger partial charge in [0, 0.05) is 18.5 Å². The first kappa shape index (κ1) is 12.5. The number of aryl methyl sites for hydroxylation is 2. The number of nitrogens with zero attached hydrogens (tertiary/aromatic N) is 3. The molecule has 0 unspecified atom stereocenters. The van der Waals surface area contributed by atoms with Gasteiger partial charge in [0.15, 0.2) is 5.82 Å². The molecule has 0 spiro atoms. The first-order valence-electron chi connectivity index (χ1n) is 6.10. The standard InChI is InChI=1S/C13H17FN4/c1-3-12-16-13(4-2)18(17-12)8-9-5-6-10(14)7-11(9)15/h5-7H,3-4,8,15H2,1-2H3. The highest BCUT2D eigenvalue weighted by molar-refractivity contribution is 5.46. The predicted octanol–water partition coefficient (Wildman–Crippen LogP) is 2.17. The van der Waals surface area contributed by atoms with E-state index in [1.54, 1.807) is 6.07 Å². The van der Waals surface area contributed by atoms with E-state index in [1.165, 1.54) is 12.1 Å². The normalized spacial score (nSPS) is 10.8. The Morgan fingerprint density at radius 2 is 2.06 bits per heavy atom. The van der Waals surface area contributed by atoms with Crippen molar-refractivity contribution in [2.24, 2.45) is 0 Å². The third-order valence-electron chi connectivity index (χ3n) is 2.85. The molecule has 96 valence electrons. The maximum atomic E-state index is 13.0. The monoisotopic (exact) mass is 248 g/mol. The van der Waals surface area contributed by atoms with Gasteiger partial charge in [-0.25, -0.2) is 14.1 Å². The van der Waals surface area contributed by atoms with Crippen LogP contribution >= 0.6 is 0 Å². The minimum atomic E-state index is -0.320. The van der Waals surface area contributed by atoms with Crippen LogP contribution in [0.1, 0.15) is 31.1 Å². The van der Waals surface area contributed by atoms with Crippen molar-refractivity contribution >= 4 is 5.69 Å². The molecule has 1 aromatic carbocycles. The van der Waals surface area contributed by atoms with E-state index in [0.717, 1.165) is 30.1 Å². The number of anilines is 1. The van der Waals surface area contributed by atoms with E-state index >= 15 is 0 Å². The molecule has 0 saturated heterocycles. The average Bonchev–Trinajstić information content (AvgIpc) is 2.75. The number of hydrogen-bond donors (Lipinski definition) is 1. The van der Waals surface area contributed by atoms with Gasteiger partial charge in [0.2, 0.25) is 0 Å². The van der Waals surface area contributed by atoms with Crippen LogP contribution < -0.4 is 5.73 Å². The molecule has 18 heavy (non-hydrogen) atoms. The van der Waals surface area contributed by atoms with Gasteiger partial charge in [-0.3, -0.25) is 0 Å². The second kappa shape index (κ2) is 5.16. The van der Waals surface area contributed by atoms with Crippen LogP contribution in [0.15, 0.2) is 18.2 Å². The zero-order chi connectivity index (χ0) is 13.1. The summed E-state index contributed by atoms with van der Waals surface area (Å²) in [7, 11) is 0. The van der Waals surface area contributed by atoms with Gasteiger partial charge in [-0.2, -0.15) is 5.10 Å². The molecule has 0 saturated carbocycles. The fraction of sp³-hybridized carbons (Fsp3) is 0.385. The van der Waals surface area contributed by atoms with Crippen molar-refractivity contribution in [3.05, 3.63) is 41.2 Å². The summed E-state index contributed by atoms with van der Waals surface area (Å²) in [5.41, 5.74) is 7.11. The number of hydrogen-bond acceptors (Lipinski definition) is 3. The van der Waals surface area contributed by atoms with Crippen molar-refractivity contribution in [2.75, 3.05) is 5.73 Å². The van der Waals surface area contributed by atoms with Crippen LogP contribution in [0.2, 0.25) is 0 Å². The highest BCUT2D eigenvalue weighted by Gasteiger charge is 2.09. The number of benzene rings is 1. The topological polar surface area (TPSA) is 56.7 Å². The molecule has 0 aliphatic carbocycles. The Hall–Kier alpha value is -1.91. The van der Waals surface area contributed by atoms with Crippen molar-refractivity contribution in [1.82, 2.24) is 14.8 Å². The first-order valence-corrected chi connectivity index (χ1v) is 6.10. The summed E-state index contributed by atoms with van der Waals surface area (Å²) >= 11 is 0. The zero-order valence-electron chi connectivity index (χ0n) is 10.7. The largest absolute Gasteiger partial charge is 0.398 e. The van der Waals surface area contributed by atoms with E-state index in [1.807, 2.05) is 18.5 Å². The molecule has 4 nitrogen and oxygen atoms in total. The van der Waals surface area contributed by atoms with Gasteiger partial charge >= 0.3 is 0 Å². The quantitative estimate of drug-likeness (QED) is 0.844. The van der Waals surface area contributed by atoms with Gasteiger partial charge in [0.05, 0.1) is 6.54 Å². The molecule has 1 heterocycles. The maximum absolute atomic E-state index is 13.0. The summed E-state index contributed by atoms with van der Waals surface area (Å²) in [6.07, 6.45) is 1.62. The van der Waals surface area contributed by atoms with Crippen molar-refractivity contribution < 1.29 is 4.39 Å². The van der Waals surface area contributed by atoms with Gasteiger partial charge in [-0.1, -0.05) is 19.9 Å². The van der Waals surface area contributed by atoms with Crippen molar-refractivity contribution in [2.45, 2.75) is 33.2 Å².